The number of likely N-dealkylation sites (tertiary alicyclic amines) is 1. The summed E-state index contributed by atoms with van der Waals surface area (Å²) in [4.78, 5) is 42.7. The Kier molecular flexibility index (Phi) is 7.39. The van der Waals surface area contributed by atoms with E-state index >= 15 is 0 Å². The Hall–Kier alpha value is -3.20. The zero-order valence-electron chi connectivity index (χ0n) is 19.0. The van der Waals surface area contributed by atoms with E-state index < -0.39 is 6.04 Å². The van der Waals surface area contributed by atoms with Gasteiger partial charge in [0.25, 0.3) is 11.8 Å². The topological polar surface area (TPSA) is 96.8 Å². The first kappa shape index (κ1) is 23.0. The molecule has 176 valence electrons. The Bertz CT molecular complexity index is 990. The molecule has 1 aromatic heterocycles. The fourth-order valence-corrected chi connectivity index (χ4v) is 4.48. The number of aromatic nitrogens is 2. The zero-order valence-corrected chi connectivity index (χ0v) is 19.0. The molecule has 3 heterocycles. The van der Waals surface area contributed by atoms with Crippen LogP contribution >= 0.6 is 0 Å². The number of methoxy groups -OCH3 is 1. The number of benzene rings is 1. The van der Waals surface area contributed by atoms with Gasteiger partial charge in [0.05, 0.1) is 6.61 Å². The van der Waals surface area contributed by atoms with Crippen LogP contribution in [-0.4, -0.2) is 76.7 Å². The summed E-state index contributed by atoms with van der Waals surface area (Å²) in [6.45, 7) is 3.04. The van der Waals surface area contributed by atoms with Crippen LogP contribution in [0.4, 0.5) is 0 Å². The highest BCUT2D eigenvalue weighted by Crippen LogP contribution is 2.22. The summed E-state index contributed by atoms with van der Waals surface area (Å²) in [7, 11) is 1.58. The standard InChI is InChI=1S/C24H31N5O4/c1-33-15-11-25-22(30)20-10-5-6-13-28(20)23(31)19-16-21-24(32)27(12-7-14-29(21)26-19)17-18-8-3-2-4-9-18/h2-4,8-9,16,20H,5-7,10-15,17H2,1H3,(H,25,30). The van der Waals surface area contributed by atoms with Crippen molar-refractivity contribution in [1.29, 1.82) is 0 Å². The van der Waals surface area contributed by atoms with Crippen LogP contribution in [0.2, 0.25) is 0 Å². The number of nitrogens with zero attached hydrogens (tertiary/aromatic N) is 4. The maximum Gasteiger partial charge on any atom is 0.275 e. The number of hydrogen-bond donors (Lipinski definition) is 1. The van der Waals surface area contributed by atoms with Crippen molar-refractivity contribution in [2.75, 3.05) is 33.4 Å². The van der Waals surface area contributed by atoms with Gasteiger partial charge in [-0.25, -0.2) is 0 Å². The first-order chi connectivity index (χ1) is 16.1. The molecule has 4 rings (SSSR count). The van der Waals surface area contributed by atoms with Crippen molar-refractivity contribution in [1.82, 2.24) is 24.9 Å². The van der Waals surface area contributed by atoms with Gasteiger partial charge in [0, 0.05) is 45.9 Å². The van der Waals surface area contributed by atoms with Gasteiger partial charge in [0.2, 0.25) is 5.91 Å². The normalized spacial score (nSPS) is 18.6. The molecule has 2 aliphatic heterocycles. The quantitative estimate of drug-likeness (QED) is 0.644. The average Bonchev–Trinajstić information content (AvgIpc) is 3.21. The fraction of sp³-hybridized carbons (Fsp3) is 0.500. The summed E-state index contributed by atoms with van der Waals surface area (Å²) >= 11 is 0. The maximum absolute atomic E-state index is 13.3. The van der Waals surface area contributed by atoms with Crippen LogP contribution < -0.4 is 5.32 Å². The van der Waals surface area contributed by atoms with Crippen LogP contribution in [0, 0.1) is 0 Å². The lowest BCUT2D eigenvalue weighted by Gasteiger charge is -2.34. The second kappa shape index (κ2) is 10.6. The molecule has 0 spiro atoms. The SMILES string of the molecule is COCCNC(=O)C1CCCCN1C(=O)c1cc2n(n1)CCCN(Cc1ccccc1)C2=O. The fourth-order valence-electron chi connectivity index (χ4n) is 4.48. The molecular formula is C24H31N5O4. The number of piperidine rings is 1. The van der Waals surface area contributed by atoms with Gasteiger partial charge in [0.1, 0.15) is 11.7 Å². The highest BCUT2D eigenvalue weighted by molar-refractivity contribution is 5.99. The van der Waals surface area contributed by atoms with Gasteiger partial charge in [-0.2, -0.15) is 5.10 Å². The maximum atomic E-state index is 13.3. The van der Waals surface area contributed by atoms with Crippen molar-refractivity contribution in [2.45, 2.75) is 44.8 Å². The van der Waals surface area contributed by atoms with Crippen molar-refractivity contribution in [3.63, 3.8) is 0 Å². The summed E-state index contributed by atoms with van der Waals surface area (Å²) in [5.41, 5.74) is 1.70. The number of hydrogen-bond acceptors (Lipinski definition) is 5. The first-order valence-corrected chi connectivity index (χ1v) is 11.6. The lowest BCUT2D eigenvalue weighted by atomic mass is 10.0. The summed E-state index contributed by atoms with van der Waals surface area (Å²) < 4.78 is 6.63. The lowest BCUT2D eigenvalue weighted by Crippen LogP contribution is -2.52. The van der Waals surface area contributed by atoms with E-state index in [1.807, 2.05) is 30.3 Å². The van der Waals surface area contributed by atoms with Crippen LogP contribution in [0.3, 0.4) is 0 Å². The van der Waals surface area contributed by atoms with E-state index in [1.54, 1.807) is 27.7 Å². The molecule has 1 unspecified atom stereocenters. The lowest BCUT2D eigenvalue weighted by molar-refractivity contribution is -0.126. The van der Waals surface area contributed by atoms with Crippen molar-refractivity contribution < 1.29 is 19.1 Å². The van der Waals surface area contributed by atoms with E-state index in [0.717, 1.165) is 24.8 Å². The van der Waals surface area contributed by atoms with Gasteiger partial charge in [-0.3, -0.25) is 19.1 Å². The van der Waals surface area contributed by atoms with Crippen molar-refractivity contribution in [3.8, 4) is 0 Å². The molecule has 2 aromatic rings. The minimum Gasteiger partial charge on any atom is -0.383 e. The van der Waals surface area contributed by atoms with E-state index in [2.05, 4.69) is 10.4 Å². The molecule has 33 heavy (non-hydrogen) atoms. The number of ether oxygens (including phenoxy) is 1. The minimum atomic E-state index is -0.533. The van der Waals surface area contributed by atoms with E-state index in [1.165, 1.54) is 0 Å². The van der Waals surface area contributed by atoms with Crippen molar-refractivity contribution in [2.24, 2.45) is 0 Å². The zero-order chi connectivity index (χ0) is 23.2. The number of carbonyl (C=O) groups excluding carboxylic acids is 3. The Balaban J connectivity index is 1.50. The summed E-state index contributed by atoms with van der Waals surface area (Å²) in [5, 5.41) is 7.31. The predicted molar refractivity (Wildman–Crippen MR) is 122 cm³/mol. The molecule has 0 saturated carbocycles. The van der Waals surface area contributed by atoms with Crippen molar-refractivity contribution in [3.05, 3.63) is 53.3 Å². The highest BCUT2D eigenvalue weighted by atomic mass is 16.5. The summed E-state index contributed by atoms with van der Waals surface area (Å²) in [5.74, 6) is -0.606. The Morgan fingerprint density at radius 2 is 1.94 bits per heavy atom. The highest BCUT2D eigenvalue weighted by Gasteiger charge is 2.35. The second-order valence-corrected chi connectivity index (χ2v) is 8.50. The monoisotopic (exact) mass is 453 g/mol. The number of rotatable bonds is 7. The molecule has 1 fully saturated rings. The van der Waals surface area contributed by atoms with Crippen LogP contribution in [0.1, 0.15) is 52.2 Å². The van der Waals surface area contributed by atoms with E-state index in [-0.39, 0.29) is 23.4 Å². The molecule has 1 N–H and O–H groups in total. The first-order valence-electron chi connectivity index (χ1n) is 11.6. The van der Waals surface area contributed by atoms with E-state index in [4.69, 9.17) is 4.74 Å². The summed E-state index contributed by atoms with van der Waals surface area (Å²) in [6.07, 6.45) is 3.10. The van der Waals surface area contributed by atoms with Crippen LogP contribution in [0.15, 0.2) is 36.4 Å². The number of carbonyl (C=O) groups is 3. The molecule has 1 saturated heterocycles. The Morgan fingerprint density at radius 3 is 2.73 bits per heavy atom. The smallest absolute Gasteiger partial charge is 0.275 e. The third-order valence-electron chi connectivity index (χ3n) is 6.19. The minimum absolute atomic E-state index is 0.129. The molecule has 9 nitrogen and oxygen atoms in total. The molecule has 0 bridgehead atoms. The van der Waals surface area contributed by atoms with Crippen molar-refractivity contribution >= 4 is 17.7 Å². The molecule has 1 atom stereocenters. The second-order valence-electron chi connectivity index (χ2n) is 8.50. The average molecular weight is 454 g/mol. The van der Waals surface area contributed by atoms with Gasteiger partial charge < -0.3 is 19.9 Å². The molecule has 0 radical (unpaired) electrons. The molecular weight excluding hydrogens is 422 g/mol. The largest absolute Gasteiger partial charge is 0.383 e. The molecule has 2 aliphatic rings. The van der Waals surface area contributed by atoms with Gasteiger partial charge in [-0.05, 0) is 31.2 Å². The molecule has 1 aromatic carbocycles. The van der Waals surface area contributed by atoms with Crippen LogP contribution in [0.25, 0.3) is 0 Å². The Morgan fingerprint density at radius 1 is 1.12 bits per heavy atom. The number of nitrogens with one attached hydrogen (secondary N) is 1. The van der Waals surface area contributed by atoms with Crippen LogP contribution in [0.5, 0.6) is 0 Å². The van der Waals surface area contributed by atoms with E-state index in [0.29, 0.717) is 51.4 Å². The predicted octanol–water partition coefficient (Wildman–Crippen LogP) is 1.69. The van der Waals surface area contributed by atoms with Crippen LogP contribution in [-0.2, 0) is 22.6 Å². The third-order valence-corrected chi connectivity index (χ3v) is 6.19. The third kappa shape index (κ3) is 5.24. The van der Waals surface area contributed by atoms with E-state index in [9.17, 15) is 14.4 Å². The number of amides is 3. The molecule has 0 aliphatic carbocycles. The van der Waals surface area contributed by atoms with Gasteiger partial charge >= 0.3 is 0 Å². The summed E-state index contributed by atoms with van der Waals surface area (Å²) in [6, 6.07) is 10.9. The molecule has 3 amide bonds. The van der Waals surface area contributed by atoms with Gasteiger partial charge in [-0.15, -0.1) is 0 Å². The van der Waals surface area contributed by atoms with Gasteiger partial charge in [-0.1, -0.05) is 30.3 Å². The number of aryl methyl sites for hydroxylation is 1. The number of fused-ring (bicyclic) bond motifs is 1. The Labute approximate surface area is 193 Å². The van der Waals surface area contributed by atoms with Gasteiger partial charge in [0.15, 0.2) is 5.69 Å². The molecule has 9 heteroatoms.